The molecule has 0 spiro atoms. The number of ether oxygens (including phenoxy) is 1. The normalized spacial score (nSPS) is 18.4. The van der Waals surface area contributed by atoms with Crippen LogP contribution in [0.15, 0.2) is 4.99 Å². The summed E-state index contributed by atoms with van der Waals surface area (Å²) in [6.07, 6.45) is 4.46. The Balaban J connectivity index is 1.87. The molecular formula is C21H39N5O3. The second-order valence-corrected chi connectivity index (χ2v) is 9.31. The number of guanidine groups is 1. The molecule has 0 aromatic carbocycles. The van der Waals surface area contributed by atoms with Gasteiger partial charge in [0.05, 0.1) is 0 Å². The van der Waals surface area contributed by atoms with Crippen LogP contribution in [0.3, 0.4) is 0 Å². The van der Waals surface area contributed by atoms with Gasteiger partial charge in [-0.3, -0.25) is 9.79 Å². The van der Waals surface area contributed by atoms with Gasteiger partial charge in [0.15, 0.2) is 5.96 Å². The quantitative estimate of drug-likeness (QED) is 0.537. The summed E-state index contributed by atoms with van der Waals surface area (Å²) in [4.78, 5) is 34.7. The summed E-state index contributed by atoms with van der Waals surface area (Å²) in [7, 11) is 5.29. The fraction of sp³-hybridized carbons (Fsp3) is 0.857. The van der Waals surface area contributed by atoms with E-state index in [-0.39, 0.29) is 18.0 Å². The number of piperidine rings is 1. The van der Waals surface area contributed by atoms with Gasteiger partial charge in [-0.25, -0.2) is 4.79 Å². The third kappa shape index (κ3) is 7.74. The molecule has 2 aliphatic rings. The maximum absolute atomic E-state index is 12.8. The van der Waals surface area contributed by atoms with Gasteiger partial charge in [0, 0.05) is 59.8 Å². The molecule has 1 N–H and O–H groups in total. The molecule has 1 heterocycles. The molecule has 0 radical (unpaired) electrons. The molecule has 1 saturated carbocycles. The smallest absolute Gasteiger partial charge is 0.410 e. The monoisotopic (exact) mass is 409 g/mol. The standard InChI is InChI=1S/C21H39N5O3/c1-21(2,3)29-20(28)26(15-16-7-8-16)17-10-13-25(14-11-17)19(22-4)23-12-9-18(27)24(5)6/h16-17H,7-15H2,1-6H3,(H,22,23). The number of hydrogen-bond donors (Lipinski definition) is 1. The first-order valence-corrected chi connectivity index (χ1v) is 10.8. The maximum atomic E-state index is 12.8. The van der Waals surface area contributed by atoms with Crippen LogP contribution in [-0.4, -0.2) is 91.6 Å². The van der Waals surface area contributed by atoms with Crippen LogP contribution in [0, 0.1) is 5.92 Å². The Morgan fingerprint density at radius 2 is 1.76 bits per heavy atom. The molecule has 0 aromatic rings. The first-order chi connectivity index (χ1) is 13.6. The fourth-order valence-electron chi connectivity index (χ4n) is 3.50. The molecule has 0 bridgehead atoms. The number of hydrogen-bond acceptors (Lipinski definition) is 4. The van der Waals surface area contributed by atoms with Crippen molar-refractivity contribution in [1.82, 2.24) is 20.0 Å². The minimum absolute atomic E-state index is 0.0970. The Kier molecular flexibility index (Phi) is 8.16. The summed E-state index contributed by atoms with van der Waals surface area (Å²) in [6, 6.07) is 0.204. The summed E-state index contributed by atoms with van der Waals surface area (Å²) < 4.78 is 5.67. The van der Waals surface area contributed by atoms with E-state index in [1.54, 1.807) is 26.0 Å². The minimum Gasteiger partial charge on any atom is -0.444 e. The third-order valence-corrected chi connectivity index (χ3v) is 5.32. The zero-order chi connectivity index (χ0) is 21.6. The average Bonchev–Trinajstić information content (AvgIpc) is 3.46. The molecular weight excluding hydrogens is 370 g/mol. The largest absolute Gasteiger partial charge is 0.444 e. The summed E-state index contributed by atoms with van der Waals surface area (Å²) >= 11 is 0. The van der Waals surface area contributed by atoms with Crippen molar-refractivity contribution >= 4 is 18.0 Å². The molecule has 166 valence electrons. The van der Waals surface area contributed by atoms with Gasteiger partial charge in [0.25, 0.3) is 0 Å². The van der Waals surface area contributed by atoms with Crippen molar-refractivity contribution in [1.29, 1.82) is 0 Å². The van der Waals surface area contributed by atoms with Crippen LogP contribution in [0.5, 0.6) is 0 Å². The first-order valence-electron chi connectivity index (χ1n) is 10.8. The number of nitrogens with one attached hydrogen (secondary N) is 1. The van der Waals surface area contributed by atoms with Crippen molar-refractivity contribution < 1.29 is 14.3 Å². The summed E-state index contributed by atoms with van der Waals surface area (Å²) in [5, 5.41) is 3.29. The second kappa shape index (κ2) is 10.2. The predicted octanol–water partition coefficient (Wildman–Crippen LogP) is 2.15. The summed E-state index contributed by atoms with van der Waals surface area (Å²) in [5.74, 6) is 1.55. The van der Waals surface area contributed by atoms with Crippen LogP contribution in [0.2, 0.25) is 0 Å². The van der Waals surface area contributed by atoms with Crippen molar-refractivity contribution in [3.63, 3.8) is 0 Å². The van der Waals surface area contributed by atoms with Crippen LogP contribution in [0.1, 0.15) is 52.9 Å². The molecule has 0 aromatic heterocycles. The van der Waals surface area contributed by atoms with Gasteiger partial charge in [-0.15, -0.1) is 0 Å². The van der Waals surface area contributed by atoms with E-state index in [1.165, 1.54) is 12.8 Å². The fourth-order valence-corrected chi connectivity index (χ4v) is 3.50. The zero-order valence-corrected chi connectivity index (χ0v) is 19.0. The highest BCUT2D eigenvalue weighted by atomic mass is 16.6. The van der Waals surface area contributed by atoms with E-state index < -0.39 is 5.60 Å². The number of rotatable bonds is 6. The molecule has 2 amide bonds. The summed E-state index contributed by atoms with van der Waals surface area (Å²) in [5.41, 5.74) is -0.477. The number of nitrogens with zero attached hydrogens (tertiary/aromatic N) is 4. The first kappa shape index (κ1) is 23.3. The van der Waals surface area contributed by atoms with Crippen molar-refractivity contribution in [2.45, 2.75) is 64.5 Å². The highest BCUT2D eigenvalue weighted by Gasteiger charge is 2.35. The van der Waals surface area contributed by atoms with E-state index >= 15 is 0 Å². The van der Waals surface area contributed by atoms with Gasteiger partial charge < -0.3 is 24.8 Å². The maximum Gasteiger partial charge on any atom is 0.410 e. The molecule has 29 heavy (non-hydrogen) atoms. The van der Waals surface area contributed by atoms with Crippen LogP contribution >= 0.6 is 0 Å². The van der Waals surface area contributed by atoms with E-state index in [0.717, 1.165) is 38.4 Å². The average molecular weight is 410 g/mol. The Labute approximate surface area is 175 Å². The molecule has 0 atom stereocenters. The Morgan fingerprint density at radius 1 is 1.14 bits per heavy atom. The molecule has 2 rings (SSSR count). The van der Waals surface area contributed by atoms with E-state index in [0.29, 0.717) is 18.9 Å². The third-order valence-electron chi connectivity index (χ3n) is 5.32. The Hall–Kier alpha value is -1.99. The van der Waals surface area contributed by atoms with Gasteiger partial charge in [-0.2, -0.15) is 0 Å². The number of carbonyl (C=O) groups excluding carboxylic acids is 2. The molecule has 1 aliphatic carbocycles. The van der Waals surface area contributed by atoms with Crippen molar-refractivity contribution in [3.8, 4) is 0 Å². The molecule has 2 fully saturated rings. The van der Waals surface area contributed by atoms with Crippen molar-refractivity contribution in [2.24, 2.45) is 10.9 Å². The highest BCUT2D eigenvalue weighted by Crippen LogP contribution is 2.32. The molecule has 1 aliphatic heterocycles. The van der Waals surface area contributed by atoms with Gasteiger partial charge >= 0.3 is 6.09 Å². The molecule has 0 unspecified atom stereocenters. The lowest BCUT2D eigenvalue weighted by Gasteiger charge is -2.40. The van der Waals surface area contributed by atoms with E-state index in [4.69, 9.17) is 4.74 Å². The lowest BCUT2D eigenvalue weighted by Crippen LogP contribution is -2.52. The molecule has 8 nitrogen and oxygen atoms in total. The van der Waals surface area contributed by atoms with E-state index in [2.05, 4.69) is 15.2 Å². The van der Waals surface area contributed by atoms with Gasteiger partial charge in [0.2, 0.25) is 5.91 Å². The van der Waals surface area contributed by atoms with Crippen LogP contribution in [0.4, 0.5) is 4.79 Å². The van der Waals surface area contributed by atoms with Gasteiger partial charge in [0.1, 0.15) is 5.60 Å². The SMILES string of the molecule is CN=C(NCCC(=O)N(C)C)N1CCC(N(CC2CC2)C(=O)OC(C)(C)C)CC1. The molecule has 8 heteroatoms. The van der Waals surface area contributed by atoms with Gasteiger partial charge in [-0.05, 0) is 52.4 Å². The van der Waals surface area contributed by atoms with Crippen molar-refractivity contribution in [3.05, 3.63) is 0 Å². The zero-order valence-electron chi connectivity index (χ0n) is 19.0. The number of aliphatic imine (C=N–C) groups is 1. The van der Waals surface area contributed by atoms with Gasteiger partial charge in [-0.1, -0.05) is 0 Å². The lowest BCUT2D eigenvalue weighted by molar-refractivity contribution is -0.128. The minimum atomic E-state index is -0.477. The summed E-state index contributed by atoms with van der Waals surface area (Å²) in [6.45, 7) is 8.78. The van der Waals surface area contributed by atoms with Crippen LogP contribution in [-0.2, 0) is 9.53 Å². The number of carbonyl (C=O) groups is 2. The van der Waals surface area contributed by atoms with Crippen LogP contribution in [0.25, 0.3) is 0 Å². The predicted molar refractivity (Wildman–Crippen MR) is 115 cm³/mol. The highest BCUT2D eigenvalue weighted by molar-refractivity contribution is 5.81. The second-order valence-electron chi connectivity index (χ2n) is 9.31. The number of amides is 2. The molecule has 1 saturated heterocycles. The van der Waals surface area contributed by atoms with E-state index in [9.17, 15) is 9.59 Å². The lowest BCUT2D eigenvalue weighted by atomic mass is 10.0. The topological polar surface area (TPSA) is 77.5 Å². The number of likely N-dealkylation sites (tertiary alicyclic amines) is 1. The van der Waals surface area contributed by atoms with Crippen LogP contribution < -0.4 is 5.32 Å². The van der Waals surface area contributed by atoms with E-state index in [1.807, 2.05) is 25.7 Å². The van der Waals surface area contributed by atoms with Crippen molar-refractivity contribution in [2.75, 3.05) is 47.3 Å². The Bertz CT molecular complexity index is 588. The Morgan fingerprint density at radius 3 is 2.24 bits per heavy atom.